The van der Waals surface area contributed by atoms with Gasteiger partial charge in [0, 0.05) is 17.5 Å². The topological polar surface area (TPSA) is 84.0 Å². The molecule has 6 nitrogen and oxygen atoms in total. The van der Waals surface area contributed by atoms with Gasteiger partial charge in [0.05, 0.1) is 0 Å². The zero-order chi connectivity index (χ0) is 23.2. The maximum absolute atomic E-state index is 13.2. The van der Waals surface area contributed by atoms with Gasteiger partial charge in [0.15, 0.2) is 0 Å². The molecule has 166 valence electrons. The van der Waals surface area contributed by atoms with E-state index >= 15 is 0 Å². The summed E-state index contributed by atoms with van der Waals surface area (Å²) in [5, 5.41) is 14.6. The zero-order valence-corrected chi connectivity index (χ0v) is 18.6. The molecule has 0 aliphatic heterocycles. The molecule has 3 aromatic carbocycles. The van der Waals surface area contributed by atoms with Gasteiger partial charge in [0.1, 0.15) is 16.9 Å². The van der Waals surface area contributed by atoms with E-state index in [1.807, 2.05) is 49.4 Å². The summed E-state index contributed by atoms with van der Waals surface area (Å²) in [5.41, 5.74) is 2.94. The maximum Gasteiger partial charge on any atom is 0.252 e. The van der Waals surface area contributed by atoms with Crippen LogP contribution in [-0.4, -0.2) is 28.1 Å². The molecule has 0 saturated heterocycles. The lowest BCUT2D eigenvalue weighted by Crippen LogP contribution is -2.45. The van der Waals surface area contributed by atoms with Gasteiger partial charge in [-0.1, -0.05) is 59.9 Å². The van der Waals surface area contributed by atoms with Crippen LogP contribution in [0.15, 0.2) is 78.9 Å². The number of nitrogens with one attached hydrogen (secondary N) is 2. The van der Waals surface area contributed by atoms with Crippen molar-refractivity contribution in [2.75, 3.05) is 5.32 Å². The van der Waals surface area contributed by atoms with Crippen molar-refractivity contribution in [2.24, 2.45) is 0 Å². The predicted octanol–water partition coefficient (Wildman–Crippen LogP) is 4.63. The van der Waals surface area contributed by atoms with E-state index < -0.39 is 11.9 Å². The molecule has 2 N–H and O–H groups in total. The Hall–Kier alpha value is -3.91. The van der Waals surface area contributed by atoms with Crippen LogP contribution >= 0.6 is 11.3 Å². The molecule has 4 aromatic rings. The number of hydrogen-bond donors (Lipinski definition) is 2. The van der Waals surface area contributed by atoms with Crippen molar-refractivity contribution in [3.05, 3.63) is 101 Å². The lowest BCUT2D eigenvalue weighted by atomic mass is 10.0. The lowest BCUT2D eigenvalue weighted by Gasteiger charge is -2.18. The second-order valence-corrected chi connectivity index (χ2v) is 8.42. The minimum absolute atomic E-state index is 0.294. The summed E-state index contributed by atoms with van der Waals surface area (Å²) in [5.74, 6) is -1.07. The van der Waals surface area contributed by atoms with Crippen LogP contribution in [0.5, 0.6) is 0 Å². The second kappa shape index (κ2) is 10.1. The summed E-state index contributed by atoms with van der Waals surface area (Å²) < 4.78 is 13.2. The first-order chi connectivity index (χ1) is 16.0. The normalized spacial score (nSPS) is 11.6. The van der Waals surface area contributed by atoms with Gasteiger partial charge < -0.3 is 5.32 Å². The fraction of sp³-hybridized carbons (Fsp3) is 0.120. The molecule has 0 bridgehead atoms. The summed E-state index contributed by atoms with van der Waals surface area (Å²) in [7, 11) is 0. The number of aromatic nitrogens is 2. The molecular formula is C25H21FN4O2S. The van der Waals surface area contributed by atoms with Crippen LogP contribution in [0.1, 0.15) is 21.5 Å². The van der Waals surface area contributed by atoms with Crippen LogP contribution in [0, 0.1) is 12.7 Å². The molecule has 0 aliphatic rings. The first-order valence-electron chi connectivity index (χ1n) is 10.3. The highest BCUT2D eigenvalue weighted by atomic mass is 32.1. The standard InChI is InChI=1S/C25H21FN4O2S/c1-16-7-5-6-10-20(16)22(31)27-21(15-17-8-3-2-4-9-17)23(32)28-25-30-29-24(33-25)18-11-13-19(26)14-12-18/h2-14,21H,15H2,1H3,(H,27,31)(H,28,30,32)/t21-/m0/s1. The molecule has 33 heavy (non-hydrogen) atoms. The largest absolute Gasteiger partial charge is 0.340 e. The molecule has 1 atom stereocenters. The van der Waals surface area contributed by atoms with E-state index in [-0.39, 0.29) is 11.7 Å². The number of nitrogens with zero attached hydrogens (tertiary/aromatic N) is 2. The van der Waals surface area contributed by atoms with E-state index in [9.17, 15) is 14.0 Å². The van der Waals surface area contributed by atoms with E-state index in [2.05, 4.69) is 20.8 Å². The van der Waals surface area contributed by atoms with Crippen LogP contribution in [-0.2, 0) is 11.2 Å². The van der Waals surface area contributed by atoms with Crippen molar-refractivity contribution >= 4 is 28.3 Å². The van der Waals surface area contributed by atoms with Crippen LogP contribution < -0.4 is 10.6 Å². The fourth-order valence-electron chi connectivity index (χ4n) is 3.30. The Balaban J connectivity index is 1.52. The number of hydrogen-bond acceptors (Lipinski definition) is 5. The number of carbonyl (C=O) groups excluding carboxylic acids is 2. The average Bonchev–Trinajstić information content (AvgIpc) is 3.28. The van der Waals surface area contributed by atoms with E-state index in [1.165, 1.54) is 23.5 Å². The Morgan fingerprint density at radius 1 is 0.939 bits per heavy atom. The van der Waals surface area contributed by atoms with Gasteiger partial charge in [0.25, 0.3) is 5.91 Å². The minimum atomic E-state index is -0.822. The number of rotatable bonds is 7. The Morgan fingerprint density at radius 2 is 1.64 bits per heavy atom. The molecule has 0 saturated carbocycles. The van der Waals surface area contributed by atoms with Gasteiger partial charge in [-0.05, 0) is 48.4 Å². The third kappa shape index (κ3) is 5.67. The van der Waals surface area contributed by atoms with Gasteiger partial charge in [-0.15, -0.1) is 10.2 Å². The number of benzene rings is 3. The molecule has 0 unspecified atom stereocenters. The zero-order valence-electron chi connectivity index (χ0n) is 17.8. The number of halogens is 1. The van der Waals surface area contributed by atoms with Crippen LogP contribution in [0.25, 0.3) is 10.6 Å². The average molecular weight is 461 g/mol. The highest BCUT2D eigenvalue weighted by Gasteiger charge is 2.24. The number of anilines is 1. The van der Waals surface area contributed by atoms with Crippen molar-refractivity contribution in [3.63, 3.8) is 0 Å². The van der Waals surface area contributed by atoms with Crippen molar-refractivity contribution in [1.82, 2.24) is 15.5 Å². The van der Waals surface area contributed by atoms with Gasteiger partial charge in [-0.2, -0.15) is 0 Å². The summed E-state index contributed by atoms with van der Waals surface area (Å²) in [6, 6.07) is 21.7. The van der Waals surface area contributed by atoms with Crippen molar-refractivity contribution in [2.45, 2.75) is 19.4 Å². The highest BCUT2D eigenvalue weighted by molar-refractivity contribution is 7.18. The Labute approximate surface area is 194 Å². The third-order valence-corrected chi connectivity index (χ3v) is 5.93. The van der Waals surface area contributed by atoms with E-state index in [0.29, 0.717) is 27.7 Å². The Bertz CT molecular complexity index is 1260. The lowest BCUT2D eigenvalue weighted by molar-refractivity contribution is -0.118. The molecule has 4 rings (SSSR count). The molecule has 0 spiro atoms. The fourth-order valence-corrected chi connectivity index (χ4v) is 4.05. The van der Waals surface area contributed by atoms with Gasteiger partial charge in [0.2, 0.25) is 11.0 Å². The van der Waals surface area contributed by atoms with Gasteiger partial charge >= 0.3 is 0 Å². The molecule has 1 aromatic heterocycles. The highest BCUT2D eigenvalue weighted by Crippen LogP contribution is 2.26. The van der Waals surface area contributed by atoms with Crippen LogP contribution in [0.4, 0.5) is 9.52 Å². The van der Waals surface area contributed by atoms with Crippen molar-refractivity contribution in [3.8, 4) is 10.6 Å². The summed E-state index contributed by atoms with van der Waals surface area (Å²) in [4.78, 5) is 26.0. The Morgan fingerprint density at radius 3 is 2.36 bits per heavy atom. The summed E-state index contributed by atoms with van der Waals surface area (Å²) in [6.45, 7) is 1.85. The number of carbonyl (C=O) groups is 2. The number of aryl methyl sites for hydroxylation is 1. The first kappa shape index (κ1) is 22.3. The van der Waals surface area contributed by atoms with Crippen LogP contribution in [0.2, 0.25) is 0 Å². The number of amides is 2. The SMILES string of the molecule is Cc1ccccc1C(=O)N[C@@H](Cc1ccccc1)C(=O)Nc1nnc(-c2ccc(F)cc2)s1. The molecule has 1 heterocycles. The smallest absolute Gasteiger partial charge is 0.252 e. The summed E-state index contributed by atoms with van der Waals surface area (Å²) in [6.07, 6.45) is 0.313. The molecule has 0 radical (unpaired) electrons. The van der Waals surface area contributed by atoms with Gasteiger partial charge in [-0.25, -0.2) is 4.39 Å². The molecule has 0 aliphatic carbocycles. The first-order valence-corrected chi connectivity index (χ1v) is 11.1. The van der Waals surface area contributed by atoms with Crippen molar-refractivity contribution < 1.29 is 14.0 Å². The molecule has 0 fully saturated rings. The minimum Gasteiger partial charge on any atom is -0.340 e. The monoisotopic (exact) mass is 460 g/mol. The van der Waals surface area contributed by atoms with E-state index in [0.717, 1.165) is 11.1 Å². The van der Waals surface area contributed by atoms with Gasteiger partial charge in [-0.3, -0.25) is 14.9 Å². The Kier molecular flexibility index (Phi) is 6.85. The summed E-state index contributed by atoms with van der Waals surface area (Å²) >= 11 is 1.17. The van der Waals surface area contributed by atoms with E-state index in [4.69, 9.17) is 0 Å². The second-order valence-electron chi connectivity index (χ2n) is 7.44. The molecular weight excluding hydrogens is 439 g/mol. The van der Waals surface area contributed by atoms with Crippen LogP contribution in [0.3, 0.4) is 0 Å². The quantitative estimate of drug-likeness (QED) is 0.421. The van der Waals surface area contributed by atoms with Crippen molar-refractivity contribution in [1.29, 1.82) is 0 Å². The molecule has 2 amide bonds. The predicted molar refractivity (Wildman–Crippen MR) is 127 cm³/mol. The van der Waals surface area contributed by atoms with E-state index in [1.54, 1.807) is 24.3 Å². The maximum atomic E-state index is 13.2. The third-order valence-electron chi connectivity index (χ3n) is 5.04. The molecule has 8 heteroatoms.